The Kier molecular flexibility index (Phi) is 6.57. The van der Waals surface area contributed by atoms with E-state index in [0.29, 0.717) is 21.5 Å². The molecular weight excluding hydrogens is 369 g/mol. The summed E-state index contributed by atoms with van der Waals surface area (Å²) in [5.41, 5.74) is 0.523. The molecule has 24 heavy (non-hydrogen) atoms. The van der Waals surface area contributed by atoms with E-state index in [9.17, 15) is 13.2 Å². The highest BCUT2D eigenvalue weighted by Gasteiger charge is 2.31. The molecule has 1 aliphatic carbocycles. The second-order valence-electron chi connectivity index (χ2n) is 6.57. The minimum atomic E-state index is -3.62. The highest BCUT2D eigenvalue weighted by atomic mass is 35.5. The Morgan fingerprint density at radius 1 is 1.25 bits per heavy atom. The molecule has 0 spiro atoms. The van der Waals surface area contributed by atoms with Gasteiger partial charge in [0.1, 0.15) is 5.25 Å². The van der Waals surface area contributed by atoms with Gasteiger partial charge in [-0.25, -0.2) is 8.42 Å². The predicted molar refractivity (Wildman–Crippen MR) is 98.1 cm³/mol. The highest BCUT2D eigenvalue weighted by molar-refractivity contribution is 7.92. The van der Waals surface area contributed by atoms with Gasteiger partial charge >= 0.3 is 0 Å². The van der Waals surface area contributed by atoms with E-state index < -0.39 is 21.0 Å². The molecule has 1 N–H and O–H groups in total. The zero-order chi connectivity index (χ0) is 17.9. The second-order valence-corrected chi connectivity index (χ2v) is 9.71. The van der Waals surface area contributed by atoms with Crippen LogP contribution < -0.4 is 5.32 Å². The number of nitrogens with one attached hydrogen (secondary N) is 1. The van der Waals surface area contributed by atoms with E-state index in [2.05, 4.69) is 12.2 Å². The lowest BCUT2D eigenvalue weighted by atomic mass is 9.86. The van der Waals surface area contributed by atoms with Crippen LogP contribution in [0.5, 0.6) is 0 Å². The fourth-order valence-electron chi connectivity index (χ4n) is 2.98. The van der Waals surface area contributed by atoms with Gasteiger partial charge in [0.15, 0.2) is 9.84 Å². The summed E-state index contributed by atoms with van der Waals surface area (Å²) < 4.78 is 25.0. The van der Waals surface area contributed by atoms with Gasteiger partial charge in [0.05, 0.1) is 15.8 Å². The van der Waals surface area contributed by atoms with E-state index >= 15 is 0 Å². The highest BCUT2D eigenvalue weighted by Crippen LogP contribution is 2.25. The van der Waals surface area contributed by atoms with Crippen molar-refractivity contribution in [3.05, 3.63) is 33.8 Å². The molecule has 1 aromatic carbocycles. The van der Waals surface area contributed by atoms with E-state index in [1.807, 2.05) is 0 Å². The van der Waals surface area contributed by atoms with Gasteiger partial charge in [-0.3, -0.25) is 4.79 Å². The molecule has 0 aromatic heterocycles. The third-order valence-corrected chi connectivity index (χ3v) is 7.47. The zero-order valence-electron chi connectivity index (χ0n) is 13.9. The molecule has 0 aliphatic heterocycles. The lowest BCUT2D eigenvalue weighted by Crippen LogP contribution is -2.47. The first-order valence-corrected chi connectivity index (χ1v) is 10.6. The van der Waals surface area contributed by atoms with E-state index in [4.69, 9.17) is 23.2 Å². The number of halogens is 2. The maximum absolute atomic E-state index is 12.5. The minimum absolute atomic E-state index is 0.0638. The topological polar surface area (TPSA) is 63.2 Å². The van der Waals surface area contributed by atoms with Crippen molar-refractivity contribution in [2.75, 3.05) is 0 Å². The maximum Gasteiger partial charge on any atom is 0.238 e. The van der Waals surface area contributed by atoms with Crippen LogP contribution in [-0.2, 0) is 20.4 Å². The number of sulfone groups is 1. The molecule has 0 heterocycles. The Balaban J connectivity index is 2.04. The number of benzene rings is 1. The van der Waals surface area contributed by atoms with Gasteiger partial charge in [0, 0.05) is 6.04 Å². The van der Waals surface area contributed by atoms with Crippen molar-refractivity contribution in [3.8, 4) is 0 Å². The monoisotopic (exact) mass is 391 g/mol. The molecule has 3 atom stereocenters. The number of rotatable bonds is 5. The fourth-order valence-corrected chi connectivity index (χ4v) is 4.59. The largest absolute Gasteiger partial charge is 0.352 e. The van der Waals surface area contributed by atoms with Crippen LogP contribution in [0.4, 0.5) is 0 Å². The van der Waals surface area contributed by atoms with Gasteiger partial charge in [-0.2, -0.15) is 0 Å². The minimum Gasteiger partial charge on any atom is -0.352 e. The van der Waals surface area contributed by atoms with Crippen molar-refractivity contribution in [1.29, 1.82) is 0 Å². The number of hydrogen-bond donors (Lipinski definition) is 1. The summed E-state index contributed by atoms with van der Waals surface area (Å²) in [4.78, 5) is 12.4. The Morgan fingerprint density at radius 3 is 2.54 bits per heavy atom. The summed E-state index contributed by atoms with van der Waals surface area (Å²) >= 11 is 11.8. The molecule has 1 aromatic rings. The molecule has 134 valence electrons. The van der Waals surface area contributed by atoms with Crippen LogP contribution in [0, 0.1) is 5.92 Å². The molecule has 1 aliphatic rings. The SMILES string of the molecule is CC1CCCCC1NC(=O)C(C)S(=O)(=O)Cc1ccc(Cl)c(Cl)c1. The number of carbonyl (C=O) groups is 1. The molecule has 2 rings (SSSR count). The summed E-state index contributed by atoms with van der Waals surface area (Å²) in [6.45, 7) is 3.54. The molecule has 0 radical (unpaired) electrons. The summed E-state index contributed by atoms with van der Waals surface area (Å²) in [5.74, 6) is -0.278. The van der Waals surface area contributed by atoms with E-state index in [1.54, 1.807) is 12.1 Å². The van der Waals surface area contributed by atoms with Gasteiger partial charge < -0.3 is 5.32 Å². The van der Waals surface area contributed by atoms with E-state index in [-0.39, 0.29) is 11.8 Å². The summed E-state index contributed by atoms with van der Waals surface area (Å²) in [5, 5.41) is 2.49. The average molecular weight is 392 g/mol. The van der Waals surface area contributed by atoms with E-state index in [0.717, 1.165) is 19.3 Å². The van der Waals surface area contributed by atoms with Crippen LogP contribution in [0.15, 0.2) is 18.2 Å². The lowest BCUT2D eigenvalue weighted by molar-refractivity contribution is -0.121. The van der Waals surface area contributed by atoms with Crippen LogP contribution in [-0.4, -0.2) is 25.6 Å². The van der Waals surface area contributed by atoms with Crippen LogP contribution in [0.25, 0.3) is 0 Å². The zero-order valence-corrected chi connectivity index (χ0v) is 16.2. The first kappa shape index (κ1) is 19.5. The predicted octanol–water partition coefficient (Wildman–Crippen LogP) is 3.99. The van der Waals surface area contributed by atoms with Crippen molar-refractivity contribution in [1.82, 2.24) is 5.32 Å². The molecule has 3 unspecified atom stereocenters. The molecule has 1 amide bonds. The van der Waals surface area contributed by atoms with Crippen LogP contribution in [0.1, 0.15) is 45.1 Å². The fraction of sp³-hybridized carbons (Fsp3) is 0.588. The van der Waals surface area contributed by atoms with E-state index in [1.165, 1.54) is 19.4 Å². The summed E-state index contributed by atoms with van der Waals surface area (Å²) in [7, 11) is -3.62. The van der Waals surface area contributed by atoms with Crippen LogP contribution in [0.2, 0.25) is 10.0 Å². The quantitative estimate of drug-likeness (QED) is 0.824. The summed E-state index contributed by atoms with van der Waals surface area (Å²) in [6.07, 6.45) is 4.21. The Bertz CT molecular complexity index is 706. The van der Waals surface area contributed by atoms with Crippen molar-refractivity contribution in [2.45, 2.75) is 56.6 Å². The van der Waals surface area contributed by atoms with Gasteiger partial charge in [0.25, 0.3) is 0 Å². The molecular formula is C17H23Cl2NO3S. The first-order valence-electron chi connectivity index (χ1n) is 8.16. The Hall–Kier alpha value is -0.780. The molecule has 1 saturated carbocycles. The Labute approximate surface area is 153 Å². The molecule has 1 fully saturated rings. The van der Waals surface area contributed by atoms with Crippen molar-refractivity contribution in [2.24, 2.45) is 5.92 Å². The Morgan fingerprint density at radius 2 is 1.92 bits per heavy atom. The third-order valence-electron chi connectivity index (χ3n) is 4.70. The van der Waals surface area contributed by atoms with Crippen molar-refractivity contribution in [3.63, 3.8) is 0 Å². The van der Waals surface area contributed by atoms with Gasteiger partial charge in [-0.15, -0.1) is 0 Å². The normalized spacial score (nSPS) is 22.8. The number of carbonyl (C=O) groups excluding carboxylic acids is 1. The van der Waals surface area contributed by atoms with Gasteiger partial charge in [-0.05, 0) is 43.4 Å². The van der Waals surface area contributed by atoms with Crippen LogP contribution >= 0.6 is 23.2 Å². The van der Waals surface area contributed by atoms with Gasteiger partial charge in [-0.1, -0.05) is 49.0 Å². The van der Waals surface area contributed by atoms with Crippen molar-refractivity contribution < 1.29 is 13.2 Å². The molecule has 7 heteroatoms. The maximum atomic E-state index is 12.5. The number of hydrogen-bond acceptors (Lipinski definition) is 3. The standard InChI is InChI=1S/C17H23Cl2NO3S/c1-11-5-3-4-6-16(11)20-17(21)12(2)24(22,23)10-13-7-8-14(18)15(19)9-13/h7-9,11-12,16H,3-6,10H2,1-2H3,(H,20,21). The van der Waals surface area contributed by atoms with Gasteiger partial charge in [0.2, 0.25) is 5.91 Å². The number of amides is 1. The molecule has 0 bridgehead atoms. The second kappa shape index (κ2) is 8.07. The first-order chi connectivity index (χ1) is 11.2. The average Bonchev–Trinajstić information content (AvgIpc) is 2.52. The molecule has 4 nitrogen and oxygen atoms in total. The third kappa shape index (κ3) is 4.87. The molecule has 0 saturated heterocycles. The smallest absolute Gasteiger partial charge is 0.238 e. The summed E-state index contributed by atoms with van der Waals surface area (Å²) in [6, 6.07) is 4.76. The van der Waals surface area contributed by atoms with Crippen LogP contribution in [0.3, 0.4) is 0 Å². The van der Waals surface area contributed by atoms with Crippen molar-refractivity contribution >= 4 is 38.9 Å². The lowest BCUT2D eigenvalue weighted by Gasteiger charge is -2.30.